The maximum Gasteiger partial charge on any atom is 0.230 e. The largest absolute Gasteiger partial charge is 0.353 e. The topological polar surface area (TPSA) is 45.2 Å². The van der Waals surface area contributed by atoms with Crippen LogP contribution in [0.3, 0.4) is 0 Å². The number of aromatic nitrogens is 1. The molecule has 0 bridgehead atoms. The van der Waals surface area contributed by atoms with Crippen molar-refractivity contribution < 1.29 is 4.79 Å². The average Bonchev–Trinajstić information content (AvgIpc) is 2.74. The van der Waals surface area contributed by atoms with E-state index in [0.717, 1.165) is 43.0 Å². The molecule has 1 fully saturated rings. The zero-order chi connectivity index (χ0) is 20.1. The quantitative estimate of drug-likeness (QED) is 0.617. The van der Waals surface area contributed by atoms with Crippen molar-refractivity contribution in [3.63, 3.8) is 0 Å². The van der Waals surface area contributed by atoms with Crippen molar-refractivity contribution in [3.8, 4) is 0 Å². The van der Waals surface area contributed by atoms with Gasteiger partial charge in [-0.1, -0.05) is 60.3 Å². The van der Waals surface area contributed by atoms with E-state index in [0.29, 0.717) is 5.75 Å². The van der Waals surface area contributed by atoms with Gasteiger partial charge in [-0.05, 0) is 43.0 Å². The Kier molecular flexibility index (Phi) is 6.47. The lowest BCUT2D eigenvalue weighted by molar-refractivity contribution is -0.119. The second-order valence-electron chi connectivity index (χ2n) is 7.69. The van der Waals surface area contributed by atoms with Gasteiger partial charge in [0.2, 0.25) is 5.91 Å². The number of likely N-dealkylation sites (tertiary alicyclic amines) is 1. The zero-order valence-electron chi connectivity index (χ0n) is 16.8. The van der Waals surface area contributed by atoms with E-state index in [1.165, 1.54) is 28.3 Å². The van der Waals surface area contributed by atoms with Crippen molar-refractivity contribution in [2.45, 2.75) is 37.4 Å². The molecule has 2 aromatic carbocycles. The van der Waals surface area contributed by atoms with E-state index in [9.17, 15) is 4.79 Å². The number of amides is 1. The molecule has 1 saturated heterocycles. The summed E-state index contributed by atoms with van der Waals surface area (Å²) in [6, 6.07) is 21.1. The van der Waals surface area contributed by atoms with Gasteiger partial charge in [-0.2, -0.15) is 0 Å². The third-order valence-corrected chi connectivity index (χ3v) is 6.36. The van der Waals surface area contributed by atoms with Gasteiger partial charge < -0.3 is 5.32 Å². The number of nitrogens with one attached hydrogen (secondary N) is 1. The van der Waals surface area contributed by atoms with E-state index >= 15 is 0 Å². The van der Waals surface area contributed by atoms with Crippen molar-refractivity contribution in [3.05, 3.63) is 71.8 Å². The number of carbonyl (C=O) groups excluding carboxylic acids is 1. The summed E-state index contributed by atoms with van der Waals surface area (Å²) in [5, 5.41) is 5.29. The zero-order valence-corrected chi connectivity index (χ0v) is 17.6. The summed E-state index contributed by atoms with van der Waals surface area (Å²) in [7, 11) is 0. The number of hydrogen-bond donors (Lipinski definition) is 1. The first-order valence-corrected chi connectivity index (χ1v) is 11.2. The van der Waals surface area contributed by atoms with Gasteiger partial charge in [0.05, 0.1) is 16.3 Å². The molecule has 0 radical (unpaired) electrons. The number of rotatable bonds is 6. The highest BCUT2D eigenvalue weighted by Gasteiger charge is 2.20. The van der Waals surface area contributed by atoms with Crippen molar-refractivity contribution in [1.82, 2.24) is 15.2 Å². The molecule has 1 aliphatic heterocycles. The van der Waals surface area contributed by atoms with Gasteiger partial charge in [0.15, 0.2) is 0 Å². The number of pyridine rings is 1. The van der Waals surface area contributed by atoms with Gasteiger partial charge in [0.1, 0.15) is 0 Å². The Hall–Kier alpha value is -2.37. The molecular weight excluding hydrogens is 378 g/mol. The van der Waals surface area contributed by atoms with Crippen LogP contribution in [0.15, 0.2) is 65.7 Å². The molecule has 1 N–H and O–H groups in total. The fourth-order valence-electron chi connectivity index (χ4n) is 3.88. The summed E-state index contributed by atoms with van der Waals surface area (Å²) < 4.78 is 0. The third kappa shape index (κ3) is 5.37. The summed E-state index contributed by atoms with van der Waals surface area (Å²) >= 11 is 1.51. The third-order valence-electron chi connectivity index (χ3n) is 5.45. The highest BCUT2D eigenvalue weighted by atomic mass is 32.2. The summed E-state index contributed by atoms with van der Waals surface area (Å²) in [4.78, 5) is 19.6. The van der Waals surface area contributed by atoms with Crippen LogP contribution in [-0.4, -0.2) is 40.7 Å². The maximum absolute atomic E-state index is 12.4. The number of piperidine rings is 1. The maximum atomic E-state index is 12.4. The number of aryl methyl sites for hydroxylation is 1. The molecule has 4 nitrogen and oxygen atoms in total. The Morgan fingerprint density at radius 2 is 1.83 bits per heavy atom. The van der Waals surface area contributed by atoms with Crippen molar-refractivity contribution in [2.24, 2.45) is 0 Å². The van der Waals surface area contributed by atoms with Crippen molar-refractivity contribution in [2.75, 3.05) is 18.8 Å². The van der Waals surface area contributed by atoms with Gasteiger partial charge in [-0.25, -0.2) is 4.98 Å². The lowest BCUT2D eigenvalue weighted by atomic mass is 10.0. The molecule has 0 unspecified atom stereocenters. The predicted octanol–water partition coefficient (Wildman–Crippen LogP) is 4.42. The molecule has 4 rings (SSSR count). The molecular formula is C24H27N3OS. The summed E-state index contributed by atoms with van der Waals surface area (Å²) in [5.74, 6) is 0.513. The molecule has 1 amide bonds. The van der Waals surface area contributed by atoms with Crippen molar-refractivity contribution >= 4 is 28.6 Å². The fraction of sp³-hybridized carbons (Fsp3) is 0.333. The van der Waals surface area contributed by atoms with E-state index in [-0.39, 0.29) is 11.9 Å². The van der Waals surface area contributed by atoms with Gasteiger partial charge in [-0.3, -0.25) is 9.69 Å². The molecule has 1 aromatic heterocycles. The highest BCUT2D eigenvalue weighted by molar-refractivity contribution is 7.99. The monoisotopic (exact) mass is 405 g/mol. The minimum absolute atomic E-state index is 0.101. The number of hydrogen-bond acceptors (Lipinski definition) is 4. The first-order chi connectivity index (χ1) is 14.2. The van der Waals surface area contributed by atoms with Crippen LogP contribution in [0.4, 0.5) is 0 Å². The first-order valence-electron chi connectivity index (χ1n) is 10.2. The first kappa shape index (κ1) is 19.9. The molecule has 29 heavy (non-hydrogen) atoms. The second kappa shape index (κ2) is 9.42. The SMILES string of the molecule is Cc1cc(SCC(=O)NC2CCN(Cc3ccccc3)CC2)nc2ccccc12. The average molecular weight is 406 g/mol. The summed E-state index contributed by atoms with van der Waals surface area (Å²) in [6.45, 7) is 5.14. The lowest BCUT2D eigenvalue weighted by Crippen LogP contribution is -2.44. The van der Waals surface area contributed by atoms with E-state index < -0.39 is 0 Å². The van der Waals surface area contributed by atoms with Crippen LogP contribution in [0.1, 0.15) is 24.0 Å². The molecule has 0 atom stereocenters. The molecule has 0 aliphatic carbocycles. The fourth-order valence-corrected chi connectivity index (χ4v) is 4.66. The number of carbonyl (C=O) groups is 1. The molecule has 3 aromatic rings. The van der Waals surface area contributed by atoms with E-state index in [4.69, 9.17) is 0 Å². The van der Waals surface area contributed by atoms with Crippen LogP contribution < -0.4 is 5.32 Å². The molecule has 150 valence electrons. The highest BCUT2D eigenvalue weighted by Crippen LogP contribution is 2.23. The Bertz CT molecular complexity index is 968. The number of fused-ring (bicyclic) bond motifs is 1. The van der Waals surface area contributed by atoms with Crippen LogP contribution in [0.5, 0.6) is 0 Å². The molecule has 0 saturated carbocycles. The van der Waals surface area contributed by atoms with Gasteiger partial charge in [0, 0.05) is 31.1 Å². The Morgan fingerprint density at radius 3 is 2.62 bits per heavy atom. The van der Waals surface area contributed by atoms with Gasteiger partial charge in [-0.15, -0.1) is 0 Å². The number of thioether (sulfide) groups is 1. The molecule has 1 aliphatic rings. The van der Waals surface area contributed by atoms with Crippen LogP contribution in [-0.2, 0) is 11.3 Å². The van der Waals surface area contributed by atoms with Gasteiger partial charge >= 0.3 is 0 Å². The second-order valence-corrected chi connectivity index (χ2v) is 8.68. The standard InChI is InChI=1S/C24H27N3OS/c1-18-15-24(26-22-10-6-5-9-21(18)22)29-17-23(28)25-20-11-13-27(14-12-20)16-19-7-3-2-4-8-19/h2-10,15,20H,11-14,16-17H2,1H3,(H,25,28). The molecule has 0 spiro atoms. The van der Waals surface area contributed by atoms with E-state index in [1.54, 1.807) is 0 Å². The van der Waals surface area contributed by atoms with E-state index in [2.05, 4.69) is 64.6 Å². The normalized spacial score (nSPS) is 15.5. The van der Waals surface area contributed by atoms with Crippen molar-refractivity contribution in [1.29, 1.82) is 0 Å². The Morgan fingerprint density at radius 1 is 1.10 bits per heavy atom. The number of nitrogens with zero attached hydrogens (tertiary/aromatic N) is 2. The summed E-state index contributed by atoms with van der Waals surface area (Å²) in [6.07, 6.45) is 2.02. The minimum atomic E-state index is 0.101. The van der Waals surface area contributed by atoms with Crippen LogP contribution in [0, 0.1) is 6.92 Å². The smallest absolute Gasteiger partial charge is 0.230 e. The van der Waals surface area contributed by atoms with Crippen LogP contribution in [0.2, 0.25) is 0 Å². The predicted molar refractivity (Wildman–Crippen MR) is 120 cm³/mol. The Balaban J connectivity index is 1.23. The Labute approximate surface area is 176 Å². The molecule has 2 heterocycles. The van der Waals surface area contributed by atoms with Gasteiger partial charge in [0.25, 0.3) is 0 Å². The summed E-state index contributed by atoms with van der Waals surface area (Å²) in [5.41, 5.74) is 3.54. The van der Waals surface area contributed by atoms with Crippen LogP contribution >= 0.6 is 11.8 Å². The molecule has 5 heteroatoms. The van der Waals surface area contributed by atoms with Crippen LogP contribution in [0.25, 0.3) is 10.9 Å². The number of para-hydroxylation sites is 1. The van der Waals surface area contributed by atoms with E-state index in [1.807, 2.05) is 18.2 Å². The number of benzene rings is 2. The lowest BCUT2D eigenvalue weighted by Gasteiger charge is -2.32. The minimum Gasteiger partial charge on any atom is -0.353 e.